The predicted octanol–water partition coefficient (Wildman–Crippen LogP) is 2.01. The average Bonchev–Trinajstić information content (AvgIpc) is 3.49. The van der Waals surface area contributed by atoms with Crippen LogP contribution in [0.3, 0.4) is 0 Å². The summed E-state index contributed by atoms with van der Waals surface area (Å²) >= 11 is 0. The highest BCUT2D eigenvalue weighted by molar-refractivity contribution is 5.85. The van der Waals surface area contributed by atoms with E-state index in [0.717, 1.165) is 44.2 Å². The van der Waals surface area contributed by atoms with Crippen molar-refractivity contribution < 1.29 is 14.7 Å². The first-order valence-electron chi connectivity index (χ1n) is 9.00. The summed E-state index contributed by atoms with van der Waals surface area (Å²) in [4.78, 5) is 26.9. The van der Waals surface area contributed by atoms with Crippen molar-refractivity contribution >= 4 is 11.8 Å². The molecule has 0 spiro atoms. The molecule has 2 aliphatic carbocycles. The number of phenols is 1. The summed E-state index contributed by atoms with van der Waals surface area (Å²) in [6, 6.07) is 7.57. The molecule has 2 amide bonds. The van der Waals surface area contributed by atoms with Crippen LogP contribution in [0, 0.1) is 11.8 Å². The van der Waals surface area contributed by atoms with Crippen molar-refractivity contribution in [3.05, 3.63) is 29.8 Å². The second-order valence-corrected chi connectivity index (χ2v) is 7.45. The molecule has 4 rings (SSSR count). The Labute approximate surface area is 142 Å². The minimum absolute atomic E-state index is 0.0112. The normalized spacial score (nSPS) is 29.2. The summed E-state index contributed by atoms with van der Waals surface area (Å²) in [6.45, 7) is 1.32. The lowest BCUT2D eigenvalue weighted by Gasteiger charge is -2.32. The van der Waals surface area contributed by atoms with Gasteiger partial charge in [-0.2, -0.15) is 0 Å². The van der Waals surface area contributed by atoms with E-state index in [4.69, 9.17) is 0 Å². The molecule has 128 valence electrons. The number of hydrogen-bond acceptors (Lipinski definition) is 3. The van der Waals surface area contributed by atoms with E-state index in [1.54, 1.807) is 12.1 Å². The average molecular weight is 328 g/mol. The zero-order chi connectivity index (χ0) is 16.7. The van der Waals surface area contributed by atoms with Gasteiger partial charge in [0.25, 0.3) is 0 Å². The van der Waals surface area contributed by atoms with Gasteiger partial charge in [-0.15, -0.1) is 0 Å². The van der Waals surface area contributed by atoms with Gasteiger partial charge in [-0.1, -0.05) is 12.1 Å². The fourth-order valence-electron chi connectivity index (χ4n) is 3.76. The monoisotopic (exact) mass is 328 g/mol. The summed E-state index contributed by atoms with van der Waals surface area (Å²) in [5, 5.41) is 12.7. The van der Waals surface area contributed by atoms with E-state index in [0.29, 0.717) is 12.6 Å². The van der Waals surface area contributed by atoms with Crippen molar-refractivity contribution in [2.75, 3.05) is 13.1 Å². The maximum atomic E-state index is 12.8. The lowest BCUT2D eigenvalue weighted by molar-refractivity contribution is -0.136. The van der Waals surface area contributed by atoms with Gasteiger partial charge >= 0.3 is 0 Å². The number of benzene rings is 1. The smallest absolute Gasteiger partial charge is 0.226 e. The molecule has 3 atom stereocenters. The number of carbonyl (C=O) groups excluding carboxylic acids is 2. The number of rotatable bonds is 4. The van der Waals surface area contributed by atoms with Crippen LogP contribution in [0.5, 0.6) is 5.75 Å². The molecule has 3 fully saturated rings. The van der Waals surface area contributed by atoms with E-state index < -0.39 is 0 Å². The summed E-state index contributed by atoms with van der Waals surface area (Å²) in [5.74, 6) is 0.714. The molecule has 2 saturated carbocycles. The molecule has 0 bridgehead atoms. The van der Waals surface area contributed by atoms with Crippen molar-refractivity contribution in [2.45, 2.75) is 44.1 Å². The molecule has 0 unspecified atom stereocenters. The van der Waals surface area contributed by atoms with E-state index >= 15 is 0 Å². The number of likely N-dealkylation sites (tertiary alicyclic amines) is 1. The zero-order valence-electron chi connectivity index (χ0n) is 13.8. The van der Waals surface area contributed by atoms with Gasteiger partial charge in [-0.25, -0.2) is 0 Å². The van der Waals surface area contributed by atoms with Crippen LogP contribution in [-0.4, -0.2) is 41.0 Å². The topological polar surface area (TPSA) is 69.6 Å². The number of nitrogens with zero attached hydrogens (tertiary/aromatic N) is 1. The van der Waals surface area contributed by atoms with Crippen LogP contribution in [0.1, 0.15) is 43.6 Å². The molecule has 24 heavy (non-hydrogen) atoms. The Hall–Kier alpha value is -2.04. The number of hydrogen-bond donors (Lipinski definition) is 2. The van der Waals surface area contributed by atoms with Gasteiger partial charge in [0.05, 0.1) is 5.92 Å². The number of piperidine rings is 1. The highest BCUT2D eigenvalue weighted by Crippen LogP contribution is 2.49. The van der Waals surface area contributed by atoms with Crippen LogP contribution in [0.2, 0.25) is 0 Å². The Balaban J connectivity index is 1.35. The number of carbonyl (C=O) groups is 2. The van der Waals surface area contributed by atoms with E-state index in [9.17, 15) is 14.7 Å². The first-order valence-corrected chi connectivity index (χ1v) is 9.00. The van der Waals surface area contributed by atoms with Gasteiger partial charge in [-0.05, 0) is 55.7 Å². The molecule has 0 aromatic heterocycles. The molecule has 2 N–H and O–H groups in total. The standard InChI is InChI=1S/C19H24N2O3/c22-15-5-1-3-12(9-15)16-10-17(16)19(24)21-8-2-4-13(11-21)18(23)20-14-6-7-14/h1,3,5,9,13-14,16-17,22H,2,4,6-8,10-11H2,(H,20,23)/t13-,16+,17+/m1/s1. The van der Waals surface area contributed by atoms with E-state index in [2.05, 4.69) is 5.32 Å². The van der Waals surface area contributed by atoms with Crippen LogP contribution in [-0.2, 0) is 9.59 Å². The molecular formula is C19H24N2O3. The van der Waals surface area contributed by atoms with E-state index in [1.807, 2.05) is 17.0 Å². The molecule has 5 nitrogen and oxygen atoms in total. The number of aromatic hydroxyl groups is 1. The maximum Gasteiger partial charge on any atom is 0.226 e. The van der Waals surface area contributed by atoms with Crippen LogP contribution in [0.4, 0.5) is 0 Å². The zero-order valence-corrected chi connectivity index (χ0v) is 13.8. The molecule has 0 radical (unpaired) electrons. The van der Waals surface area contributed by atoms with E-state index in [1.165, 1.54) is 0 Å². The number of nitrogens with one attached hydrogen (secondary N) is 1. The summed E-state index contributed by atoms with van der Waals surface area (Å²) in [6.07, 6.45) is 4.81. The van der Waals surface area contributed by atoms with Crippen LogP contribution in [0.15, 0.2) is 24.3 Å². The Morgan fingerprint density at radius 1 is 1.21 bits per heavy atom. The molecule has 1 aromatic carbocycles. The fraction of sp³-hybridized carbons (Fsp3) is 0.579. The molecule has 3 aliphatic rings. The predicted molar refractivity (Wildman–Crippen MR) is 89.4 cm³/mol. The summed E-state index contributed by atoms with van der Waals surface area (Å²) < 4.78 is 0. The number of amides is 2. The molecular weight excluding hydrogens is 304 g/mol. The van der Waals surface area contributed by atoms with E-state index in [-0.39, 0.29) is 35.3 Å². The highest BCUT2D eigenvalue weighted by atomic mass is 16.3. The number of phenolic OH excluding ortho intramolecular Hbond substituents is 1. The first-order chi connectivity index (χ1) is 11.6. The first kappa shape index (κ1) is 15.5. The van der Waals surface area contributed by atoms with Gasteiger partial charge < -0.3 is 15.3 Å². The summed E-state index contributed by atoms with van der Waals surface area (Å²) in [5.41, 5.74) is 1.04. The summed E-state index contributed by atoms with van der Waals surface area (Å²) in [7, 11) is 0. The largest absolute Gasteiger partial charge is 0.508 e. The van der Waals surface area contributed by atoms with Gasteiger partial charge in [-0.3, -0.25) is 9.59 Å². The SMILES string of the molecule is O=C(NC1CC1)[C@@H]1CCCN(C(=O)[C@H]2C[C@H]2c2cccc(O)c2)C1. The quantitative estimate of drug-likeness (QED) is 0.888. The second-order valence-electron chi connectivity index (χ2n) is 7.45. The molecule has 5 heteroatoms. The van der Waals surface area contributed by atoms with Crippen molar-refractivity contribution in [2.24, 2.45) is 11.8 Å². The Morgan fingerprint density at radius 2 is 2.04 bits per heavy atom. The Bertz CT molecular complexity index is 656. The lowest BCUT2D eigenvalue weighted by Crippen LogP contribution is -2.46. The molecule has 1 saturated heterocycles. The molecule has 1 heterocycles. The minimum atomic E-state index is -0.0544. The Kier molecular flexibility index (Phi) is 3.94. The maximum absolute atomic E-state index is 12.8. The molecule has 1 aliphatic heterocycles. The van der Waals surface area contributed by atoms with Gasteiger partial charge in [0.15, 0.2) is 0 Å². The van der Waals surface area contributed by atoms with Crippen molar-refractivity contribution in [1.29, 1.82) is 0 Å². The minimum Gasteiger partial charge on any atom is -0.508 e. The third kappa shape index (κ3) is 3.25. The van der Waals surface area contributed by atoms with Crippen molar-refractivity contribution in [1.82, 2.24) is 10.2 Å². The second kappa shape index (κ2) is 6.11. The third-order valence-electron chi connectivity index (χ3n) is 5.43. The van der Waals surface area contributed by atoms with Crippen LogP contribution in [0.25, 0.3) is 0 Å². The van der Waals surface area contributed by atoms with Crippen LogP contribution >= 0.6 is 0 Å². The molecule has 1 aromatic rings. The third-order valence-corrected chi connectivity index (χ3v) is 5.43. The van der Waals surface area contributed by atoms with Crippen molar-refractivity contribution in [3.8, 4) is 5.75 Å². The van der Waals surface area contributed by atoms with Crippen molar-refractivity contribution in [3.63, 3.8) is 0 Å². The van der Waals surface area contributed by atoms with Gasteiger partial charge in [0, 0.05) is 25.0 Å². The Morgan fingerprint density at radius 3 is 2.79 bits per heavy atom. The van der Waals surface area contributed by atoms with Gasteiger partial charge in [0.1, 0.15) is 5.75 Å². The lowest BCUT2D eigenvalue weighted by atomic mass is 9.96. The fourth-order valence-corrected chi connectivity index (χ4v) is 3.76. The van der Waals surface area contributed by atoms with Crippen LogP contribution < -0.4 is 5.32 Å². The van der Waals surface area contributed by atoms with Gasteiger partial charge in [0.2, 0.25) is 11.8 Å². The highest BCUT2D eigenvalue weighted by Gasteiger charge is 2.46.